The fourth-order valence-electron chi connectivity index (χ4n) is 0.848. The number of nitrogens with one attached hydrogen (secondary N) is 1. The standard InChI is InChI=1S/C9H20N2O2/c1-4-11(2)9(12)8-10-6-5-7-13-3/h10H,4-8H2,1-3H3. The molecule has 1 amide bonds. The van der Waals surface area contributed by atoms with Crippen molar-refractivity contribution in [3.8, 4) is 0 Å². The zero-order valence-electron chi connectivity index (χ0n) is 8.80. The Kier molecular flexibility index (Phi) is 7.63. The van der Waals surface area contributed by atoms with Gasteiger partial charge in [-0.3, -0.25) is 4.79 Å². The smallest absolute Gasteiger partial charge is 0.236 e. The number of ether oxygens (including phenoxy) is 1. The summed E-state index contributed by atoms with van der Waals surface area (Å²) in [6, 6.07) is 0. The van der Waals surface area contributed by atoms with Crippen molar-refractivity contribution in [2.24, 2.45) is 0 Å². The van der Waals surface area contributed by atoms with Gasteiger partial charge in [0.05, 0.1) is 6.54 Å². The Morgan fingerprint density at radius 1 is 1.54 bits per heavy atom. The molecule has 0 rings (SSSR count). The van der Waals surface area contributed by atoms with Crippen LogP contribution in [0.15, 0.2) is 0 Å². The number of amides is 1. The highest BCUT2D eigenvalue weighted by molar-refractivity contribution is 5.77. The molecule has 4 heteroatoms. The molecule has 0 aliphatic heterocycles. The Bertz CT molecular complexity index is 140. The summed E-state index contributed by atoms with van der Waals surface area (Å²) in [5.74, 6) is 0.139. The average Bonchev–Trinajstić information content (AvgIpc) is 2.16. The van der Waals surface area contributed by atoms with Gasteiger partial charge in [0, 0.05) is 27.3 Å². The van der Waals surface area contributed by atoms with Crippen LogP contribution in [0.1, 0.15) is 13.3 Å². The van der Waals surface area contributed by atoms with Gasteiger partial charge in [0.15, 0.2) is 0 Å². The van der Waals surface area contributed by atoms with Crippen LogP contribution in [0.5, 0.6) is 0 Å². The second-order valence-corrected chi connectivity index (χ2v) is 2.93. The fraction of sp³-hybridized carbons (Fsp3) is 0.889. The molecule has 0 radical (unpaired) electrons. The third-order valence-electron chi connectivity index (χ3n) is 1.88. The maximum Gasteiger partial charge on any atom is 0.236 e. The predicted octanol–water partition coefficient (Wildman–Crippen LogP) is 0.0908. The first-order chi connectivity index (χ1) is 6.22. The molecule has 4 nitrogen and oxygen atoms in total. The lowest BCUT2D eigenvalue weighted by atomic mass is 10.4. The highest BCUT2D eigenvalue weighted by Gasteiger charge is 2.04. The Labute approximate surface area is 80.2 Å². The SMILES string of the molecule is CCN(C)C(=O)CNCCCOC. The van der Waals surface area contributed by atoms with E-state index in [0.717, 1.165) is 26.1 Å². The maximum absolute atomic E-state index is 11.2. The first-order valence-electron chi connectivity index (χ1n) is 4.66. The van der Waals surface area contributed by atoms with E-state index < -0.39 is 0 Å². The minimum atomic E-state index is 0.139. The third kappa shape index (κ3) is 6.54. The third-order valence-corrected chi connectivity index (χ3v) is 1.88. The number of nitrogens with zero attached hydrogens (tertiary/aromatic N) is 1. The molecule has 0 unspecified atom stereocenters. The van der Waals surface area contributed by atoms with Crippen LogP contribution in [0, 0.1) is 0 Å². The number of carbonyl (C=O) groups is 1. The van der Waals surface area contributed by atoms with E-state index >= 15 is 0 Å². The van der Waals surface area contributed by atoms with Crippen LogP contribution in [0.3, 0.4) is 0 Å². The van der Waals surface area contributed by atoms with Gasteiger partial charge in [0.1, 0.15) is 0 Å². The van der Waals surface area contributed by atoms with Crippen molar-refractivity contribution in [3.63, 3.8) is 0 Å². The van der Waals surface area contributed by atoms with Crippen LogP contribution in [-0.2, 0) is 9.53 Å². The lowest BCUT2D eigenvalue weighted by Crippen LogP contribution is -2.35. The summed E-state index contributed by atoms with van der Waals surface area (Å²) in [7, 11) is 3.48. The van der Waals surface area contributed by atoms with Crippen molar-refractivity contribution >= 4 is 5.91 Å². The molecule has 0 bridgehead atoms. The summed E-state index contributed by atoms with van der Waals surface area (Å²) in [5, 5.41) is 3.06. The fourth-order valence-corrected chi connectivity index (χ4v) is 0.848. The molecular weight excluding hydrogens is 168 g/mol. The van der Waals surface area contributed by atoms with E-state index in [0.29, 0.717) is 6.54 Å². The van der Waals surface area contributed by atoms with Gasteiger partial charge < -0.3 is 15.0 Å². The summed E-state index contributed by atoms with van der Waals surface area (Å²) < 4.78 is 4.88. The summed E-state index contributed by atoms with van der Waals surface area (Å²) in [5.41, 5.74) is 0. The van der Waals surface area contributed by atoms with Crippen LogP contribution >= 0.6 is 0 Å². The summed E-state index contributed by atoms with van der Waals surface area (Å²) in [6.07, 6.45) is 0.944. The largest absolute Gasteiger partial charge is 0.385 e. The Morgan fingerprint density at radius 2 is 2.23 bits per heavy atom. The molecule has 0 aromatic heterocycles. The Morgan fingerprint density at radius 3 is 2.77 bits per heavy atom. The van der Waals surface area contributed by atoms with Crippen molar-refractivity contribution in [2.75, 3.05) is 40.4 Å². The van der Waals surface area contributed by atoms with Gasteiger partial charge in [0.25, 0.3) is 0 Å². The quantitative estimate of drug-likeness (QED) is 0.576. The minimum absolute atomic E-state index is 0.139. The molecule has 0 saturated heterocycles. The summed E-state index contributed by atoms with van der Waals surface area (Å²) in [6.45, 7) is 4.72. The molecule has 0 saturated carbocycles. The van der Waals surface area contributed by atoms with Crippen molar-refractivity contribution in [1.29, 1.82) is 0 Å². The van der Waals surface area contributed by atoms with Gasteiger partial charge in [-0.15, -0.1) is 0 Å². The van der Waals surface area contributed by atoms with Gasteiger partial charge in [-0.25, -0.2) is 0 Å². The highest BCUT2D eigenvalue weighted by atomic mass is 16.5. The Balaban J connectivity index is 3.27. The second-order valence-electron chi connectivity index (χ2n) is 2.93. The molecule has 0 fully saturated rings. The van der Waals surface area contributed by atoms with Crippen molar-refractivity contribution in [2.45, 2.75) is 13.3 Å². The topological polar surface area (TPSA) is 41.6 Å². The first-order valence-corrected chi connectivity index (χ1v) is 4.66. The minimum Gasteiger partial charge on any atom is -0.385 e. The number of methoxy groups -OCH3 is 1. The zero-order chi connectivity index (χ0) is 10.1. The van der Waals surface area contributed by atoms with Gasteiger partial charge >= 0.3 is 0 Å². The number of likely N-dealkylation sites (N-methyl/N-ethyl adjacent to an activating group) is 1. The normalized spacial score (nSPS) is 10.1. The predicted molar refractivity (Wildman–Crippen MR) is 52.7 cm³/mol. The number of rotatable bonds is 7. The second kappa shape index (κ2) is 8.01. The van der Waals surface area contributed by atoms with Gasteiger partial charge in [0.2, 0.25) is 5.91 Å². The van der Waals surface area contributed by atoms with E-state index in [2.05, 4.69) is 5.32 Å². The van der Waals surface area contributed by atoms with E-state index in [1.807, 2.05) is 6.92 Å². The van der Waals surface area contributed by atoms with E-state index in [1.54, 1.807) is 19.1 Å². The van der Waals surface area contributed by atoms with Crippen molar-refractivity contribution in [3.05, 3.63) is 0 Å². The van der Waals surface area contributed by atoms with Crippen LogP contribution in [0.2, 0.25) is 0 Å². The van der Waals surface area contributed by atoms with E-state index in [9.17, 15) is 4.79 Å². The van der Waals surface area contributed by atoms with E-state index in [-0.39, 0.29) is 5.91 Å². The monoisotopic (exact) mass is 188 g/mol. The molecule has 0 aliphatic rings. The van der Waals surface area contributed by atoms with E-state index in [4.69, 9.17) is 4.74 Å². The van der Waals surface area contributed by atoms with Gasteiger partial charge in [-0.2, -0.15) is 0 Å². The van der Waals surface area contributed by atoms with Crippen LogP contribution < -0.4 is 5.32 Å². The molecule has 0 spiro atoms. The van der Waals surface area contributed by atoms with Gasteiger partial charge in [-0.1, -0.05) is 0 Å². The summed E-state index contributed by atoms with van der Waals surface area (Å²) in [4.78, 5) is 12.9. The molecule has 0 heterocycles. The number of hydrogen-bond donors (Lipinski definition) is 1. The average molecular weight is 188 g/mol. The molecule has 0 aromatic carbocycles. The molecule has 0 aliphatic carbocycles. The van der Waals surface area contributed by atoms with E-state index in [1.165, 1.54) is 0 Å². The summed E-state index contributed by atoms with van der Waals surface area (Å²) >= 11 is 0. The lowest BCUT2D eigenvalue weighted by Gasteiger charge is -2.14. The molecular formula is C9H20N2O2. The molecule has 78 valence electrons. The van der Waals surface area contributed by atoms with Crippen LogP contribution in [-0.4, -0.2) is 51.2 Å². The van der Waals surface area contributed by atoms with Crippen LogP contribution in [0.4, 0.5) is 0 Å². The van der Waals surface area contributed by atoms with Crippen molar-refractivity contribution in [1.82, 2.24) is 10.2 Å². The zero-order valence-corrected chi connectivity index (χ0v) is 8.80. The van der Waals surface area contributed by atoms with Crippen LogP contribution in [0.25, 0.3) is 0 Å². The highest BCUT2D eigenvalue weighted by Crippen LogP contribution is 1.82. The lowest BCUT2D eigenvalue weighted by molar-refractivity contribution is -0.128. The number of hydrogen-bond acceptors (Lipinski definition) is 3. The maximum atomic E-state index is 11.2. The molecule has 0 atom stereocenters. The number of carbonyl (C=O) groups excluding carboxylic acids is 1. The Hall–Kier alpha value is -0.610. The van der Waals surface area contributed by atoms with Crippen molar-refractivity contribution < 1.29 is 9.53 Å². The van der Waals surface area contributed by atoms with Gasteiger partial charge in [-0.05, 0) is 19.9 Å². The first kappa shape index (κ1) is 12.4. The molecule has 13 heavy (non-hydrogen) atoms. The molecule has 0 aromatic rings. The molecule has 1 N–H and O–H groups in total.